The van der Waals surface area contributed by atoms with Gasteiger partial charge in [0.2, 0.25) is 0 Å². The van der Waals surface area contributed by atoms with Crippen molar-refractivity contribution >= 4 is 13.2 Å². The summed E-state index contributed by atoms with van der Waals surface area (Å²) in [5.41, 5.74) is -0.992. The molecule has 0 bridgehead atoms. The average molecular weight is 309 g/mol. The molecule has 3 rings (SSSR count). The zero-order chi connectivity index (χ0) is 16.5. The molecule has 0 aromatic heterocycles. The van der Waals surface area contributed by atoms with Crippen molar-refractivity contribution in [2.45, 2.75) is 71.1 Å². The first kappa shape index (κ1) is 16.1. The van der Waals surface area contributed by atoms with E-state index in [1.807, 2.05) is 25.7 Å². The molecule has 0 N–H and O–H groups in total. The van der Waals surface area contributed by atoms with Crippen molar-refractivity contribution in [1.82, 2.24) is 4.90 Å². The lowest BCUT2D eigenvalue weighted by molar-refractivity contribution is 0.00578. The molecule has 0 spiro atoms. The second-order valence-electron chi connectivity index (χ2n) is 8.92. The number of amides is 1. The summed E-state index contributed by atoms with van der Waals surface area (Å²) in [5.74, 6) is 1.39. The molecule has 2 saturated heterocycles. The van der Waals surface area contributed by atoms with E-state index in [9.17, 15) is 4.79 Å². The molecular weight excluding hydrogens is 281 g/mol. The molecule has 3 fully saturated rings. The van der Waals surface area contributed by atoms with Crippen LogP contribution in [0.25, 0.3) is 0 Å². The maximum absolute atomic E-state index is 12.1. The molecule has 22 heavy (non-hydrogen) atoms. The van der Waals surface area contributed by atoms with Gasteiger partial charge in [-0.1, -0.05) is 0 Å². The summed E-state index contributed by atoms with van der Waals surface area (Å²) in [6.45, 7) is 15.5. The molecule has 0 aromatic carbocycles. The Balaban J connectivity index is 1.55. The van der Waals surface area contributed by atoms with E-state index in [0.717, 1.165) is 13.1 Å². The molecular formula is C16H28BNO4. The highest BCUT2D eigenvalue weighted by Gasteiger charge is 2.67. The largest absolute Gasteiger partial charge is 0.461 e. The van der Waals surface area contributed by atoms with E-state index in [4.69, 9.17) is 14.0 Å². The van der Waals surface area contributed by atoms with Gasteiger partial charge in [0.05, 0.1) is 11.2 Å². The molecule has 5 nitrogen and oxygen atoms in total. The lowest BCUT2D eigenvalue weighted by Crippen LogP contribution is -2.41. The number of nitrogens with zero attached hydrogens (tertiary/aromatic N) is 1. The maximum atomic E-state index is 12.1. The summed E-state index contributed by atoms with van der Waals surface area (Å²) in [4.78, 5) is 13.9. The number of carbonyl (C=O) groups excluding carboxylic acids is 1. The number of carbonyl (C=O) groups is 1. The van der Waals surface area contributed by atoms with Gasteiger partial charge in [0.25, 0.3) is 0 Å². The number of likely N-dealkylation sites (tertiary alicyclic amines) is 1. The molecule has 0 aromatic rings. The minimum atomic E-state index is -0.436. The van der Waals surface area contributed by atoms with E-state index >= 15 is 0 Å². The number of hydrogen-bond donors (Lipinski definition) is 0. The van der Waals surface area contributed by atoms with E-state index in [0.29, 0.717) is 17.7 Å². The van der Waals surface area contributed by atoms with Gasteiger partial charge in [-0.3, -0.25) is 0 Å². The maximum Gasteiger partial charge on any atom is 0.461 e. The lowest BCUT2D eigenvalue weighted by Gasteiger charge is -2.32. The Kier molecular flexibility index (Phi) is 3.40. The Morgan fingerprint density at radius 2 is 1.55 bits per heavy atom. The van der Waals surface area contributed by atoms with Crippen molar-refractivity contribution in [2.24, 2.45) is 11.8 Å². The molecule has 2 aliphatic heterocycles. The van der Waals surface area contributed by atoms with E-state index in [1.54, 1.807) is 0 Å². The first-order valence-electron chi connectivity index (χ1n) is 8.25. The highest BCUT2D eigenvalue weighted by Crippen LogP contribution is 2.61. The fraction of sp³-hybridized carbons (Fsp3) is 0.938. The Bertz CT molecular complexity index is 457. The van der Waals surface area contributed by atoms with Crippen LogP contribution in [-0.4, -0.2) is 48.0 Å². The Labute approximate surface area is 133 Å². The van der Waals surface area contributed by atoms with E-state index in [1.165, 1.54) is 0 Å². The summed E-state index contributed by atoms with van der Waals surface area (Å²) < 4.78 is 17.7. The van der Waals surface area contributed by atoms with Gasteiger partial charge >= 0.3 is 13.2 Å². The lowest BCUT2D eigenvalue weighted by atomic mass is 9.79. The third-order valence-corrected chi connectivity index (χ3v) is 5.50. The fourth-order valence-electron chi connectivity index (χ4n) is 3.50. The third-order valence-electron chi connectivity index (χ3n) is 5.50. The van der Waals surface area contributed by atoms with Crippen LogP contribution in [0, 0.1) is 11.8 Å². The fourth-order valence-corrected chi connectivity index (χ4v) is 3.50. The predicted octanol–water partition coefficient (Wildman–Crippen LogP) is 2.95. The normalized spacial score (nSPS) is 35.5. The van der Waals surface area contributed by atoms with Crippen molar-refractivity contribution in [2.75, 3.05) is 13.1 Å². The molecule has 3 atom stereocenters. The highest BCUT2D eigenvalue weighted by atomic mass is 16.7. The summed E-state index contributed by atoms with van der Waals surface area (Å²) in [5, 5.41) is 0. The number of rotatable bonds is 1. The van der Waals surface area contributed by atoms with Crippen LogP contribution in [0.15, 0.2) is 0 Å². The van der Waals surface area contributed by atoms with Gasteiger partial charge in [-0.25, -0.2) is 4.79 Å². The summed E-state index contributed by atoms with van der Waals surface area (Å²) >= 11 is 0. The van der Waals surface area contributed by atoms with E-state index < -0.39 is 5.60 Å². The molecule has 1 saturated carbocycles. The average Bonchev–Trinajstić information content (AvgIpc) is 2.69. The van der Waals surface area contributed by atoms with Crippen molar-refractivity contribution in [3.05, 3.63) is 0 Å². The van der Waals surface area contributed by atoms with Crippen LogP contribution < -0.4 is 0 Å². The highest BCUT2D eigenvalue weighted by molar-refractivity contribution is 6.49. The second kappa shape index (κ2) is 4.63. The molecule has 1 aliphatic carbocycles. The van der Waals surface area contributed by atoms with Gasteiger partial charge in [-0.2, -0.15) is 0 Å². The van der Waals surface area contributed by atoms with Crippen LogP contribution in [0.5, 0.6) is 0 Å². The van der Waals surface area contributed by atoms with Gasteiger partial charge in [0.1, 0.15) is 5.60 Å². The van der Waals surface area contributed by atoms with Gasteiger partial charge in [-0.15, -0.1) is 0 Å². The number of piperidine rings is 1. The second-order valence-corrected chi connectivity index (χ2v) is 8.92. The first-order valence-corrected chi connectivity index (χ1v) is 8.25. The zero-order valence-electron chi connectivity index (χ0n) is 14.8. The van der Waals surface area contributed by atoms with Crippen molar-refractivity contribution in [3.8, 4) is 0 Å². The molecule has 0 unspecified atom stereocenters. The summed E-state index contributed by atoms with van der Waals surface area (Å²) in [7, 11) is -0.138. The smallest absolute Gasteiger partial charge is 0.444 e. The topological polar surface area (TPSA) is 48.0 Å². The molecule has 3 aliphatic rings. The Hall–Kier alpha value is -0.745. The zero-order valence-corrected chi connectivity index (χ0v) is 14.8. The number of ether oxygens (including phenoxy) is 1. The van der Waals surface area contributed by atoms with E-state index in [2.05, 4.69) is 27.7 Å². The minimum absolute atomic E-state index is 0.138. The van der Waals surface area contributed by atoms with Crippen LogP contribution in [0.2, 0.25) is 5.82 Å². The minimum Gasteiger partial charge on any atom is -0.444 e. The van der Waals surface area contributed by atoms with Gasteiger partial charge < -0.3 is 18.9 Å². The Morgan fingerprint density at radius 3 is 1.95 bits per heavy atom. The number of hydrogen-bond acceptors (Lipinski definition) is 4. The molecule has 0 radical (unpaired) electrons. The number of fused-ring (bicyclic) bond motifs is 1. The van der Waals surface area contributed by atoms with Crippen molar-refractivity contribution in [3.63, 3.8) is 0 Å². The standard InChI is InChI=1S/C16H28BNO4/c1-14(2,3)20-13(19)18-8-10-11(9-18)12(10)17-21-15(4,5)16(6,7)22-17/h10-12H,8-9H2,1-7H3/t10-,11+,12-. The molecule has 6 heteroatoms. The summed E-state index contributed by atoms with van der Waals surface area (Å²) in [6, 6.07) is 0. The van der Waals surface area contributed by atoms with Crippen LogP contribution in [0.1, 0.15) is 48.5 Å². The third kappa shape index (κ3) is 2.64. The van der Waals surface area contributed by atoms with Crippen LogP contribution in [-0.2, 0) is 14.0 Å². The van der Waals surface area contributed by atoms with Gasteiger partial charge in [0.15, 0.2) is 0 Å². The van der Waals surface area contributed by atoms with E-state index in [-0.39, 0.29) is 24.4 Å². The molecule has 2 heterocycles. The molecule has 124 valence electrons. The van der Waals surface area contributed by atoms with Crippen LogP contribution >= 0.6 is 0 Å². The SMILES string of the molecule is CC(C)(C)OC(=O)N1C[C@@H]2[C@H](C1)[C@@H]2B1OC(C)(C)C(C)(C)O1. The monoisotopic (exact) mass is 309 g/mol. The van der Waals surface area contributed by atoms with Gasteiger partial charge in [-0.05, 0) is 60.3 Å². The predicted molar refractivity (Wildman–Crippen MR) is 84.6 cm³/mol. The van der Waals surface area contributed by atoms with Crippen LogP contribution in [0.3, 0.4) is 0 Å². The summed E-state index contributed by atoms with van der Waals surface area (Å²) in [6.07, 6.45) is -0.202. The first-order chi connectivity index (χ1) is 9.91. The van der Waals surface area contributed by atoms with Crippen molar-refractivity contribution < 1.29 is 18.8 Å². The van der Waals surface area contributed by atoms with Crippen LogP contribution in [0.4, 0.5) is 4.79 Å². The quantitative estimate of drug-likeness (QED) is 0.699. The Morgan fingerprint density at radius 1 is 1.09 bits per heavy atom. The molecule has 1 amide bonds. The van der Waals surface area contributed by atoms with Gasteiger partial charge in [0, 0.05) is 18.9 Å². The van der Waals surface area contributed by atoms with Crippen molar-refractivity contribution in [1.29, 1.82) is 0 Å².